The van der Waals surface area contributed by atoms with Gasteiger partial charge in [0.1, 0.15) is 12.6 Å². The zero-order valence-corrected chi connectivity index (χ0v) is 74.3. The first kappa shape index (κ1) is 180. The van der Waals surface area contributed by atoms with Crippen molar-refractivity contribution in [2.45, 2.75) is 339 Å². The molecule has 0 heterocycles. The van der Waals surface area contributed by atoms with E-state index in [0.717, 1.165) is 33.7 Å². The van der Waals surface area contributed by atoms with Gasteiger partial charge in [0.25, 0.3) is 5.97 Å². The Morgan fingerprint density at radius 3 is 0.620 bits per heavy atom. The fourth-order valence-corrected chi connectivity index (χ4v) is 0.854. The summed E-state index contributed by atoms with van der Waals surface area (Å²) in [6.07, 6.45) is 20.0. The first-order valence-corrected chi connectivity index (χ1v) is 32.6. The van der Waals surface area contributed by atoms with E-state index in [2.05, 4.69) is 111 Å². The first-order valence-electron chi connectivity index (χ1n) is 31.8. The number of hydrogen-bond donors (Lipinski definition) is 7. The summed E-state index contributed by atoms with van der Waals surface area (Å²) in [6.45, 7) is 70.1. The van der Waals surface area contributed by atoms with Crippen molar-refractivity contribution < 1.29 is 143 Å². The number of halogens is 3. The molecule has 573 valence electrons. The monoisotopic (exact) mass is 1420 g/mol. The van der Waals surface area contributed by atoms with Crippen LogP contribution in [0.25, 0.3) is 0 Å². The van der Waals surface area contributed by atoms with Gasteiger partial charge in [-0.25, -0.2) is 0 Å². The number of methoxy groups -OCH3 is 4. The number of aldehydes is 2. The number of carbonyl (C=O) groups is 5. The number of carboxylic acids is 1. The third kappa shape index (κ3) is 2790. The van der Waals surface area contributed by atoms with Gasteiger partial charge in [-0.05, 0) is 67.4 Å². The van der Waals surface area contributed by atoms with Crippen LogP contribution in [0, 0.1) is 0 Å². The number of nitrogens with zero attached hydrogens (tertiary/aromatic N) is 1. The van der Waals surface area contributed by atoms with Gasteiger partial charge in [0.15, 0.2) is 5.05 Å². The molecule has 0 bridgehead atoms. The third-order valence-electron chi connectivity index (χ3n) is 4.05. The van der Waals surface area contributed by atoms with Gasteiger partial charge in [0.2, 0.25) is 0 Å². The van der Waals surface area contributed by atoms with Crippen molar-refractivity contribution in [3.63, 3.8) is 0 Å². The molecule has 0 aromatic carbocycles. The zero-order valence-electron chi connectivity index (χ0n) is 69.5. The third-order valence-corrected chi connectivity index (χ3v) is 4.22. The van der Waals surface area contributed by atoms with Crippen LogP contribution in [0.1, 0.15) is 313 Å². The van der Waals surface area contributed by atoms with E-state index in [1.807, 2.05) is 149 Å². The molecule has 26 heteroatoms. The number of rotatable bonds is 7. The molecule has 17 nitrogen and oxygen atoms in total. The molecule has 0 aromatic heterocycles. The number of alkyl halides is 3. The maximum absolute atomic E-state index is 11.2. The van der Waals surface area contributed by atoms with E-state index in [1.165, 1.54) is 120 Å². The SMILES string of the molecule is CB(O)O.CB(O)O.CC.CC.CC.CC.CC.CC.CC.CC(=O)O.CC(C)(C)[O-].CC=CC.CC=CC.CC=O.CC=O.CCC.CCCC.CCCCC.CCCCCC.CF.CO.COC(C)(F)F.COC(C)=O.COC(C)=O.COC(C)=S.[B]=NS.[K+]. The molecule has 0 aliphatic rings. The molecule has 1 radical (unpaired) electrons. The normalized spacial score (nSPS) is 6.79. The minimum absolute atomic E-state index is 0. The zero-order chi connectivity index (χ0) is 81.3. The van der Waals surface area contributed by atoms with Crippen LogP contribution >= 0.6 is 25.0 Å². The number of unbranched alkanes of at least 4 members (excludes halogenated alkanes) is 6. The van der Waals surface area contributed by atoms with Crippen LogP contribution in [0.3, 0.4) is 0 Å². The van der Waals surface area contributed by atoms with Gasteiger partial charge >= 0.3 is 108 Å². The van der Waals surface area contributed by atoms with E-state index >= 15 is 0 Å². The van der Waals surface area contributed by atoms with E-state index in [-0.39, 0.29) is 63.3 Å². The van der Waals surface area contributed by atoms with Crippen LogP contribution in [0.5, 0.6) is 0 Å². The topological polar surface area (TPSA) is 279 Å². The van der Waals surface area contributed by atoms with Crippen LogP contribution in [-0.4, -0.2) is 142 Å². The van der Waals surface area contributed by atoms with Gasteiger partial charge in [-0.15, -0.1) is 5.60 Å². The Kier molecular flexibility index (Phi) is 559. The van der Waals surface area contributed by atoms with Crippen molar-refractivity contribution in [1.82, 2.24) is 0 Å². The molecule has 0 unspecified atom stereocenters. The standard InChI is InChI=1S/C6H14.C5H12.C4H9O.C4H10.2C4H8.C3H6F2O.2C3H6O2.C3H6OS.C3H8.C2H4O2.2C2H4O.7C2H6.2CH5BO2.CH3F.CH4O.BHNS.K/c1-3-5-6-4-2;1-3-5-4-2;1-4(2,3)5;3*1-3-4-2;1-3(4,5)6-2;2*1-3(4)5-2;1-3(5)4-2;1-3-2;1-2(3)4;2*1-2-3;7*1-2;2*1-2(3)4;2*1-2;1-2-3;/h3-6H2,1-2H3;3-5H2,1-2H3;1-3H3;3-4H2,1-2H3;2*3-4H,1-2H3;1-2H3;3*1-2H3;3H2,1-2H3;1H3,(H,3,4);2*2H,1H3;7*1-2H3;2*3-4H,1H3;1H3;2H,1H3;3H;/q;;-1;;;;;;;;;;;;;;;;;;;;;;;;+1. The molecule has 0 amide bonds. The van der Waals surface area contributed by atoms with Crippen LogP contribution in [0.15, 0.2) is 28.6 Å². The van der Waals surface area contributed by atoms with E-state index < -0.39 is 31.9 Å². The summed E-state index contributed by atoms with van der Waals surface area (Å²) < 4.78 is 51.0. The fraction of sp³-hybridized carbons (Fsp3) is 0.848. The van der Waals surface area contributed by atoms with E-state index in [4.69, 9.17) is 44.7 Å². The summed E-state index contributed by atoms with van der Waals surface area (Å²) >= 11 is 7.67. The number of ether oxygens (including phenoxy) is 4. The molecule has 92 heavy (non-hydrogen) atoms. The Morgan fingerprint density at radius 2 is 0.609 bits per heavy atom. The molecule has 0 atom stereocenters. The average Bonchev–Trinajstić information content (AvgIpc) is 3.52. The number of allylic oxidation sites excluding steroid dienone is 4. The van der Waals surface area contributed by atoms with Crippen molar-refractivity contribution in [3.05, 3.63) is 24.3 Å². The summed E-state index contributed by atoms with van der Waals surface area (Å²) in [5, 5.41) is 55.6. The van der Waals surface area contributed by atoms with Crippen LogP contribution < -0.4 is 56.5 Å². The summed E-state index contributed by atoms with van der Waals surface area (Å²) in [7, 11) is 8.72. The number of aliphatic carboxylic acids is 1. The molecule has 6 N–H and O–H groups in total. The van der Waals surface area contributed by atoms with Gasteiger partial charge in [-0.2, -0.15) is 8.78 Å². The Bertz CT molecular complexity index is 912. The molecule has 0 saturated carbocycles. The predicted molar refractivity (Wildman–Crippen MR) is 411 cm³/mol. The molecular formula is C66H165B3F3KNO16S2. The predicted octanol–water partition coefficient (Wildman–Crippen LogP) is 17.1. The number of esters is 2. The molecule has 0 saturated heterocycles. The summed E-state index contributed by atoms with van der Waals surface area (Å²) in [4.78, 5) is 45.8. The number of thiocarbonyl (C=S) groups is 1. The van der Waals surface area contributed by atoms with Gasteiger partial charge < -0.3 is 64.0 Å². The Hall–Kier alpha value is -1.39. The number of aliphatic hydroxyl groups excluding tert-OH is 1. The quantitative estimate of drug-likeness (QED) is 0.0237. The fourth-order valence-electron chi connectivity index (χ4n) is 0.854. The maximum Gasteiger partial charge on any atom is 1.00 e. The molecule has 0 rings (SSSR count). The van der Waals surface area contributed by atoms with Gasteiger partial charge in [-0.3, -0.25) is 18.8 Å². The molecule has 0 aliphatic heterocycles. The average molecular weight is 1420 g/mol. The van der Waals surface area contributed by atoms with Gasteiger partial charge in [-0.1, -0.05) is 262 Å². The van der Waals surface area contributed by atoms with Crippen molar-refractivity contribution >= 4 is 82.4 Å². The smallest absolute Gasteiger partial charge is 1.00 e. The van der Waals surface area contributed by atoms with Crippen molar-refractivity contribution in [1.29, 1.82) is 0 Å². The molecule has 0 fully saturated rings. The van der Waals surface area contributed by atoms with Crippen LogP contribution in [-0.2, 0) is 42.9 Å². The Morgan fingerprint density at radius 1 is 0.522 bits per heavy atom. The molecule has 0 aliphatic carbocycles. The summed E-state index contributed by atoms with van der Waals surface area (Å²) in [5.41, 5.74) is -0.750. The molecule has 0 aromatic rings. The van der Waals surface area contributed by atoms with Gasteiger partial charge in [0.05, 0.1) is 28.5 Å². The largest absolute Gasteiger partial charge is 1.00 e. The summed E-state index contributed by atoms with van der Waals surface area (Å²) in [5.74, 6) is -1.32. The van der Waals surface area contributed by atoms with Crippen molar-refractivity contribution in [3.8, 4) is 0 Å². The minimum atomic E-state index is -2.96. The van der Waals surface area contributed by atoms with E-state index in [0.29, 0.717) is 19.2 Å². The number of thiol groups is 1. The maximum atomic E-state index is 11.2. The number of carboxylic acid groups (broad SMARTS) is 1. The number of hydrogen-bond acceptors (Lipinski definition) is 18. The second-order valence-corrected chi connectivity index (χ2v) is 14.5. The number of aliphatic hydroxyl groups is 1. The minimum Gasteiger partial charge on any atom is 1.00 e. The van der Waals surface area contributed by atoms with Crippen molar-refractivity contribution in [2.24, 2.45) is 4.30 Å². The molecule has 0 spiro atoms. The van der Waals surface area contributed by atoms with Crippen LogP contribution in [0.4, 0.5) is 13.2 Å². The number of carbonyl (C=O) groups excluding carboxylic acids is 4. The second-order valence-electron chi connectivity index (χ2n) is 13.7. The second kappa shape index (κ2) is 286. The first-order chi connectivity index (χ1) is 42.3. The van der Waals surface area contributed by atoms with Gasteiger partial charge in [0, 0.05) is 48.8 Å². The van der Waals surface area contributed by atoms with Crippen LogP contribution in [0.2, 0.25) is 13.6 Å². The van der Waals surface area contributed by atoms with Crippen molar-refractivity contribution in [2.75, 3.05) is 42.7 Å². The van der Waals surface area contributed by atoms with E-state index in [9.17, 15) is 27.9 Å². The summed E-state index contributed by atoms with van der Waals surface area (Å²) in [6, 6.07) is 0. The Labute approximate surface area is 630 Å². The Balaban J connectivity index is -0.0000000193. The molecular weight excluding hydrogens is 1260 g/mol. The van der Waals surface area contributed by atoms with E-state index in [1.54, 1.807) is 34.8 Å².